The highest BCUT2D eigenvalue weighted by Crippen LogP contribution is 2.21. The highest BCUT2D eigenvalue weighted by Gasteiger charge is 2.19. The maximum absolute atomic E-state index is 13.1. The van der Waals surface area contributed by atoms with Crippen LogP contribution in [0.15, 0.2) is 18.2 Å². The van der Waals surface area contributed by atoms with Crippen LogP contribution >= 0.6 is 0 Å². The van der Waals surface area contributed by atoms with Gasteiger partial charge in [-0.2, -0.15) is 0 Å². The van der Waals surface area contributed by atoms with Crippen LogP contribution in [0, 0.1) is 5.82 Å². The number of hydrogen-bond donors (Lipinski definition) is 3. The van der Waals surface area contributed by atoms with Gasteiger partial charge >= 0.3 is 0 Å². The molecular formula is C13H17FN4. The molecule has 2 aromatic rings. The van der Waals surface area contributed by atoms with Crippen molar-refractivity contribution in [2.75, 3.05) is 5.32 Å². The minimum Gasteiger partial charge on any atom is -0.353 e. The zero-order valence-corrected chi connectivity index (χ0v) is 10.1. The van der Waals surface area contributed by atoms with E-state index in [1.807, 2.05) is 0 Å². The summed E-state index contributed by atoms with van der Waals surface area (Å²) in [5.41, 5.74) is 7.39. The quantitative estimate of drug-likeness (QED) is 0.764. The van der Waals surface area contributed by atoms with Gasteiger partial charge in [0, 0.05) is 12.1 Å². The van der Waals surface area contributed by atoms with Gasteiger partial charge in [-0.05, 0) is 43.9 Å². The molecule has 0 spiro atoms. The zero-order valence-electron chi connectivity index (χ0n) is 10.1. The molecule has 4 N–H and O–H groups in total. The molecule has 1 aromatic heterocycles. The summed E-state index contributed by atoms with van der Waals surface area (Å²) >= 11 is 0. The fourth-order valence-electron chi connectivity index (χ4n) is 2.51. The maximum Gasteiger partial charge on any atom is 0.201 e. The Hall–Kier alpha value is -1.62. The van der Waals surface area contributed by atoms with E-state index in [-0.39, 0.29) is 5.82 Å². The lowest BCUT2D eigenvalue weighted by Gasteiger charge is -2.26. The first-order chi connectivity index (χ1) is 8.70. The van der Waals surface area contributed by atoms with Gasteiger partial charge < -0.3 is 16.0 Å². The molecule has 0 radical (unpaired) electrons. The second-order valence-corrected chi connectivity index (χ2v) is 5.00. The number of anilines is 1. The monoisotopic (exact) mass is 248 g/mol. The van der Waals surface area contributed by atoms with Crippen molar-refractivity contribution in [3.63, 3.8) is 0 Å². The fourth-order valence-corrected chi connectivity index (χ4v) is 2.51. The van der Waals surface area contributed by atoms with Crippen LogP contribution in [0.5, 0.6) is 0 Å². The molecule has 96 valence electrons. The molecular weight excluding hydrogens is 231 g/mol. The van der Waals surface area contributed by atoms with Gasteiger partial charge in [-0.1, -0.05) is 0 Å². The second-order valence-electron chi connectivity index (χ2n) is 5.00. The minimum absolute atomic E-state index is 0.249. The summed E-state index contributed by atoms with van der Waals surface area (Å²) < 4.78 is 13.1. The Morgan fingerprint density at radius 2 is 2.06 bits per heavy atom. The molecule has 1 aliphatic rings. The molecule has 1 aliphatic carbocycles. The molecule has 0 amide bonds. The number of nitrogens with one attached hydrogen (secondary N) is 2. The van der Waals surface area contributed by atoms with Gasteiger partial charge in [0.25, 0.3) is 0 Å². The van der Waals surface area contributed by atoms with Crippen LogP contribution in [0.1, 0.15) is 25.7 Å². The third-order valence-corrected chi connectivity index (χ3v) is 3.56. The zero-order chi connectivity index (χ0) is 12.5. The molecule has 5 heteroatoms. The molecule has 1 saturated carbocycles. The fraction of sp³-hybridized carbons (Fsp3) is 0.462. The molecule has 0 atom stereocenters. The van der Waals surface area contributed by atoms with Crippen molar-refractivity contribution < 1.29 is 4.39 Å². The van der Waals surface area contributed by atoms with Crippen LogP contribution in [-0.4, -0.2) is 22.1 Å². The van der Waals surface area contributed by atoms with E-state index in [1.165, 1.54) is 12.1 Å². The topological polar surface area (TPSA) is 66.7 Å². The van der Waals surface area contributed by atoms with E-state index in [0.717, 1.165) is 42.7 Å². The molecule has 4 nitrogen and oxygen atoms in total. The number of nitrogens with zero attached hydrogens (tertiary/aromatic N) is 1. The van der Waals surface area contributed by atoms with Crippen molar-refractivity contribution in [2.24, 2.45) is 5.73 Å². The van der Waals surface area contributed by atoms with E-state index < -0.39 is 0 Å². The predicted molar refractivity (Wildman–Crippen MR) is 69.9 cm³/mol. The number of imidazole rings is 1. The average Bonchev–Trinajstić information content (AvgIpc) is 2.73. The second kappa shape index (κ2) is 4.57. The van der Waals surface area contributed by atoms with Gasteiger partial charge in [0.1, 0.15) is 5.82 Å². The highest BCUT2D eigenvalue weighted by molar-refractivity contribution is 5.77. The van der Waals surface area contributed by atoms with E-state index in [1.54, 1.807) is 6.07 Å². The number of halogens is 1. The van der Waals surface area contributed by atoms with Gasteiger partial charge in [-0.3, -0.25) is 0 Å². The van der Waals surface area contributed by atoms with Crippen LogP contribution < -0.4 is 11.1 Å². The average molecular weight is 248 g/mol. The SMILES string of the molecule is NC1CCC(Nc2nc3ccc(F)cc3[nH]2)CC1. The first-order valence-electron chi connectivity index (χ1n) is 6.38. The number of hydrogen-bond acceptors (Lipinski definition) is 3. The molecule has 0 aliphatic heterocycles. The van der Waals surface area contributed by atoms with E-state index in [0.29, 0.717) is 12.1 Å². The number of H-pyrrole nitrogens is 1. The largest absolute Gasteiger partial charge is 0.353 e. The lowest BCUT2D eigenvalue weighted by Crippen LogP contribution is -2.33. The van der Waals surface area contributed by atoms with Gasteiger partial charge in [0.2, 0.25) is 5.95 Å². The molecule has 1 aromatic carbocycles. The van der Waals surface area contributed by atoms with Crippen LogP contribution in [0.3, 0.4) is 0 Å². The molecule has 0 saturated heterocycles. The number of aromatic nitrogens is 2. The number of nitrogens with two attached hydrogens (primary N) is 1. The number of benzene rings is 1. The van der Waals surface area contributed by atoms with Gasteiger partial charge in [-0.25, -0.2) is 9.37 Å². The van der Waals surface area contributed by atoms with Gasteiger partial charge in [-0.15, -0.1) is 0 Å². The molecule has 0 bridgehead atoms. The Balaban J connectivity index is 1.74. The third-order valence-electron chi connectivity index (χ3n) is 3.56. The Kier molecular flexibility index (Phi) is 2.91. The summed E-state index contributed by atoms with van der Waals surface area (Å²) in [4.78, 5) is 7.50. The van der Waals surface area contributed by atoms with Crippen molar-refractivity contribution in [1.29, 1.82) is 0 Å². The number of rotatable bonds is 2. The summed E-state index contributed by atoms with van der Waals surface area (Å²) in [6.07, 6.45) is 4.22. The molecule has 0 unspecified atom stereocenters. The Labute approximate surface area is 105 Å². The van der Waals surface area contributed by atoms with Gasteiger partial charge in [0.05, 0.1) is 11.0 Å². The van der Waals surface area contributed by atoms with E-state index >= 15 is 0 Å². The van der Waals surface area contributed by atoms with Crippen molar-refractivity contribution >= 4 is 17.0 Å². The van der Waals surface area contributed by atoms with Crippen molar-refractivity contribution in [2.45, 2.75) is 37.8 Å². The number of fused-ring (bicyclic) bond motifs is 1. The molecule has 18 heavy (non-hydrogen) atoms. The van der Waals surface area contributed by atoms with E-state index in [9.17, 15) is 4.39 Å². The summed E-state index contributed by atoms with van der Waals surface area (Å²) in [5.74, 6) is 0.470. The number of aromatic amines is 1. The summed E-state index contributed by atoms with van der Waals surface area (Å²) in [7, 11) is 0. The van der Waals surface area contributed by atoms with Crippen molar-refractivity contribution in [1.82, 2.24) is 9.97 Å². The summed E-state index contributed by atoms with van der Waals surface area (Å²) in [5, 5.41) is 3.37. The van der Waals surface area contributed by atoms with E-state index in [2.05, 4.69) is 15.3 Å². The van der Waals surface area contributed by atoms with Crippen LogP contribution in [0.4, 0.5) is 10.3 Å². The maximum atomic E-state index is 13.1. The smallest absolute Gasteiger partial charge is 0.201 e. The standard InChI is InChI=1S/C13H17FN4/c14-8-1-6-11-12(7-8)18-13(17-11)16-10-4-2-9(15)3-5-10/h1,6-7,9-10H,2-5,15H2,(H2,16,17,18). The Bertz CT molecular complexity index is 543. The predicted octanol–water partition coefficient (Wildman–Crippen LogP) is 2.38. The van der Waals surface area contributed by atoms with Gasteiger partial charge in [0.15, 0.2) is 0 Å². The van der Waals surface area contributed by atoms with Crippen LogP contribution in [0.25, 0.3) is 11.0 Å². The molecule has 1 heterocycles. The first-order valence-corrected chi connectivity index (χ1v) is 6.38. The van der Waals surface area contributed by atoms with Crippen LogP contribution in [-0.2, 0) is 0 Å². The molecule has 3 rings (SSSR count). The molecule has 1 fully saturated rings. The first kappa shape index (κ1) is 11.5. The van der Waals surface area contributed by atoms with Crippen molar-refractivity contribution in [3.8, 4) is 0 Å². The van der Waals surface area contributed by atoms with Crippen molar-refractivity contribution in [3.05, 3.63) is 24.0 Å². The Morgan fingerprint density at radius 1 is 1.28 bits per heavy atom. The summed E-state index contributed by atoms with van der Waals surface area (Å²) in [6, 6.07) is 5.32. The van der Waals surface area contributed by atoms with Crippen LogP contribution in [0.2, 0.25) is 0 Å². The third kappa shape index (κ3) is 2.31. The minimum atomic E-state index is -0.249. The Morgan fingerprint density at radius 3 is 2.83 bits per heavy atom. The van der Waals surface area contributed by atoms with E-state index in [4.69, 9.17) is 5.73 Å². The highest BCUT2D eigenvalue weighted by atomic mass is 19.1. The lowest BCUT2D eigenvalue weighted by molar-refractivity contribution is 0.410. The normalized spacial score (nSPS) is 24.3. The lowest BCUT2D eigenvalue weighted by atomic mass is 9.92. The summed E-state index contributed by atoms with van der Waals surface area (Å²) in [6.45, 7) is 0.